The molecule has 0 aliphatic heterocycles. The first-order valence-corrected chi connectivity index (χ1v) is 7.38. The molecule has 0 aromatic heterocycles. The summed E-state index contributed by atoms with van der Waals surface area (Å²) in [5.41, 5.74) is 1.43. The van der Waals surface area contributed by atoms with Crippen LogP contribution in [0.15, 0.2) is 28.7 Å². The third-order valence-electron chi connectivity index (χ3n) is 3.16. The smallest absolute Gasteiger partial charge is 0.0177 e. The predicted octanol–water partition coefficient (Wildman–Crippen LogP) is 4.26. The molecule has 0 saturated heterocycles. The first kappa shape index (κ1) is 14.7. The first-order valence-electron chi connectivity index (χ1n) is 6.58. The van der Waals surface area contributed by atoms with Crippen LogP contribution in [0.25, 0.3) is 0 Å². The molecule has 1 nitrogen and oxygen atoms in total. The predicted molar refractivity (Wildman–Crippen MR) is 79.3 cm³/mol. The van der Waals surface area contributed by atoms with E-state index in [1.165, 1.54) is 16.5 Å². The Bertz CT molecular complexity index is 322. The lowest BCUT2D eigenvalue weighted by Gasteiger charge is -2.21. The second kappa shape index (κ2) is 7.88. The molecular weight excluding hydrogens is 274 g/mol. The Kier molecular flexibility index (Phi) is 6.83. The summed E-state index contributed by atoms with van der Waals surface area (Å²) in [6, 6.07) is 8.66. The van der Waals surface area contributed by atoms with Gasteiger partial charge in [0, 0.05) is 4.47 Å². The zero-order valence-corrected chi connectivity index (χ0v) is 12.8. The number of hydrogen-bond acceptors (Lipinski definition) is 1. The van der Waals surface area contributed by atoms with Crippen molar-refractivity contribution in [1.82, 2.24) is 5.32 Å². The third kappa shape index (κ3) is 5.69. The average Bonchev–Trinajstić information content (AvgIpc) is 2.28. The number of benzene rings is 1. The second-order valence-electron chi connectivity index (χ2n) is 5.04. The van der Waals surface area contributed by atoms with Crippen molar-refractivity contribution < 1.29 is 0 Å². The Morgan fingerprint density at radius 1 is 1.29 bits per heavy atom. The molecule has 1 aromatic carbocycles. The van der Waals surface area contributed by atoms with E-state index in [9.17, 15) is 0 Å². The second-order valence-corrected chi connectivity index (χ2v) is 5.96. The summed E-state index contributed by atoms with van der Waals surface area (Å²) in [6.07, 6.45) is 2.37. The van der Waals surface area contributed by atoms with Crippen molar-refractivity contribution >= 4 is 15.9 Å². The molecule has 17 heavy (non-hydrogen) atoms. The van der Waals surface area contributed by atoms with Crippen LogP contribution in [-0.2, 0) is 6.42 Å². The van der Waals surface area contributed by atoms with Crippen LogP contribution in [0.4, 0.5) is 0 Å². The summed E-state index contributed by atoms with van der Waals surface area (Å²) in [5.74, 6) is 1.44. The number of nitrogens with one attached hydrogen (secondary N) is 1. The average molecular weight is 298 g/mol. The fraction of sp³-hybridized carbons (Fsp3) is 0.600. The Labute approximate surface area is 114 Å². The van der Waals surface area contributed by atoms with Gasteiger partial charge in [-0.25, -0.2) is 0 Å². The van der Waals surface area contributed by atoms with Gasteiger partial charge in [-0.3, -0.25) is 0 Å². The molecule has 96 valence electrons. The van der Waals surface area contributed by atoms with E-state index in [0.29, 0.717) is 0 Å². The molecular formula is C15H24BrN. The molecule has 0 bridgehead atoms. The summed E-state index contributed by atoms with van der Waals surface area (Å²) in [4.78, 5) is 0. The summed E-state index contributed by atoms with van der Waals surface area (Å²) in [7, 11) is 0. The van der Waals surface area contributed by atoms with Gasteiger partial charge in [-0.2, -0.15) is 0 Å². The molecule has 1 N–H and O–H groups in total. The van der Waals surface area contributed by atoms with Gasteiger partial charge in [-0.05, 0) is 55.5 Å². The van der Waals surface area contributed by atoms with Crippen LogP contribution in [0.1, 0.15) is 32.8 Å². The maximum Gasteiger partial charge on any atom is 0.0177 e. The molecule has 0 spiro atoms. The SMILES string of the molecule is CCCNCC(Cc1cccc(Br)c1)C(C)C. The van der Waals surface area contributed by atoms with E-state index >= 15 is 0 Å². The van der Waals surface area contributed by atoms with Gasteiger partial charge in [-0.1, -0.05) is 48.8 Å². The van der Waals surface area contributed by atoms with E-state index in [-0.39, 0.29) is 0 Å². The van der Waals surface area contributed by atoms with E-state index in [1.807, 2.05) is 0 Å². The van der Waals surface area contributed by atoms with Gasteiger partial charge in [0.05, 0.1) is 0 Å². The van der Waals surface area contributed by atoms with Crippen LogP contribution in [-0.4, -0.2) is 13.1 Å². The van der Waals surface area contributed by atoms with Gasteiger partial charge < -0.3 is 5.32 Å². The summed E-state index contributed by atoms with van der Waals surface area (Å²) < 4.78 is 1.18. The minimum atomic E-state index is 0.718. The minimum Gasteiger partial charge on any atom is -0.316 e. The van der Waals surface area contributed by atoms with Crippen molar-refractivity contribution in [1.29, 1.82) is 0 Å². The summed E-state index contributed by atoms with van der Waals surface area (Å²) >= 11 is 3.54. The van der Waals surface area contributed by atoms with Gasteiger partial charge >= 0.3 is 0 Å². The van der Waals surface area contributed by atoms with Gasteiger partial charge in [-0.15, -0.1) is 0 Å². The molecule has 0 heterocycles. The molecule has 2 heteroatoms. The molecule has 1 aromatic rings. The van der Waals surface area contributed by atoms with E-state index in [4.69, 9.17) is 0 Å². The largest absolute Gasteiger partial charge is 0.316 e. The van der Waals surface area contributed by atoms with Crippen molar-refractivity contribution in [3.05, 3.63) is 34.3 Å². The lowest BCUT2D eigenvalue weighted by atomic mass is 9.89. The zero-order chi connectivity index (χ0) is 12.7. The zero-order valence-electron chi connectivity index (χ0n) is 11.2. The van der Waals surface area contributed by atoms with Gasteiger partial charge in [0.25, 0.3) is 0 Å². The van der Waals surface area contributed by atoms with E-state index in [0.717, 1.165) is 31.3 Å². The first-order chi connectivity index (χ1) is 8.13. The number of hydrogen-bond donors (Lipinski definition) is 1. The minimum absolute atomic E-state index is 0.718. The molecule has 0 aliphatic rings. The quantitative estimate of drug-likeness (QED) is 0.742. The molecule has 0 radical (unpaired) electrons. The van der Waals surface area contributed by atoms with Crippen molar-refractivity contribution in [2.75, 3.05) is 13.1 Å². The Hall–Kier alpha value is -0.340. The fourth-order valence-electron chi connectivity index (χ4n) is 1.97. The van der Waals surface area contributed by atoms with Crippen molar-refractivity contribution in [3.8, 4) is 0 Å². The lowest BCUT2D eigenvalue weighted by molar-refractivity contribution is 0.361. The van der Waals surface area contributed by atoms with Crippen LogP contribution in [0.2, 0.25) is 0 Å². The highest BCUT2D eigenvalue weighted by Gasteiger charge is 2.13. The number of rotatable bonds is 7. The Morgan fingerprint density at radius 2 is 2.06 bits per heavy atom. The van der Waals surface area contributed by atoms with Gasteiger partial charge in [0.1, 0.15) is 0 Å². The number of halogens is 1. The fourth-order valence-corrected chi connectivity index (χ4v) is 2.42. The topological polar surface area (TPSA) is 12.0 Å². The van der Waals surface area contributed by atoms with Gasteiger partial charge in [0.15, 0.2) is 0 Å². The highest BCUT2D eigenvalue weighted by molar-refractivity contribution is 9.10. The maximum absolute atomic E-state index is 3.54. The van der Waals surface area contributed by atoms with Crippen LogP contribution in [0.5, 0.6) is 0 Å². The molecule has 1 rings (SSSR count). The monoisotopic (exact) mass is 297 g/mol. The van der Waals surface area contributed by atoms with Crippen LogP contribution < -0.4 is 5.32 Å². The Balaban J connectivity index is 2.54. The molecule has 0 aliphatic carbocycles. The molecule has 1 unspecified atom stereocenters. The Morgan fingerprint density at radius 3 is 2.65 bits per heavy atom. The molecule has 0 saturated carbocycles. The normalized spacial score (nSPS) is 13.0. The van der Waals surface area contributed by atoms with Crippen molar-refractivity contribution in [3.63, 3.8) is 0 Å². The van der Waals surface area contributed by atoms with E-state index in [1.54, 1.807) is 0 Å². The summed E-state index contributed by atoms with van der Waals surface area (Å²) in [6.45, 7) is 9.10. The van der Waals surface area contributed by atoms with Gasteiger partial charge in [0.2, 0.25) is 0 Å². The highest BCUT2D eigenvalue weighted by atomic mass is 79.9. The molecule has 0 fully saturated rings. The van der Waals surface area contributed by atoms with E-state index in [2.05, 4.69) is 66.3 Å². The third-order valence-corrected chi connectivity index (χ3v) is 3.66. The van der Waals surface area contributed by atoms with Crippen molar-refractivity contribution in [2.45, 2.75) is 33.6 Å². The van der Waals surface area contributed by atoms with E-state index < -0.39 is 0 Å². The lowest BCUT2D eigenvalue weighted by Crippen LogP contribution is -2.28. The highest BCUT2D eigenvalue weighted by Crippen LogP contribution is 2.19. The van der Waals surface area contributed by atoms with Crippen LogP contribution in [0, 0.1) is 11.8 Å². The van der Waals surface area contributed by atoms with Crippen LogP contribution in [0.3, 0.4) is 0 Å². The molecule has 0 amide bonds. The van der Waals surface area contributed by atoms with Crippen molar-refractivity contribution in [2.24, 2.45) is 11.8 Å². The van der Waals surface area contributed by atoms with Crippen LogP contribution >= 0.6 is 15.9 Å². The summed E-state index contributed by atoms with van der Waals surface area (Å²) in [5, 5.41) is 3.54. The maximum atomic E-state index is 3.54. The standard InChI is InChI=1S/C15H24BrN/c1-4-8-17-11-14(12(2)3)9-13-6-5-7-15(16)10-13/h5-7,10,12,14,17H,4,8-9,11H2,1-3H3. The molecule has 1 atom stereocenters.